The maximum Gasteiger partial charge on any atom is 0.303 e. The van der Waals surface area contributed by atoms with Gasteiger partial charge in [-0.25, -0.2) is 0 Å². The molecule has 5 nitrogen and oxygen atoms in total. The van der Waals surface area contributed by atoms with Crippen LogP contribution < -0.4 is 0 Å². The topological polar surface area (TPSA) is 68.3 Å². The van der Waals surface area contributed by atoms with Crippen LogP contribution in [0.5, 0.6) is 0 Å². The van der Waals surface area contributed by atoms with E-state index in [4.69, 9.17) is 14.2 Å². The van der Waals surface area contributed by atoms with Gasteiger partial charge in [-0.1, -0.05) is 31.6 Å². The van der Waals surface area contributed by atoms with Gasteiger partial charge in [0.2, 0.25) is 5.79 Å². The highest BCUT2D eigenvalue weighted by Gasteiger charge is 2.90. The summed E-state index contributed by atoms with van der Waals surface area (Å²) in [5, 5.41) is 11.6. The van der Waals surface area contributed by atoms with Crippen molar-refractivity contribution >= 4 is 5.97 Å². The average Bonchev–Trinajstić information content (AvgIpc) is 3.17. The molecular weight excluding hydrogens is 344 g/mol. The van der Waals surface area contributed by atoms with Gasteiger partial charge in [-0.2, -0.15) is 0 Å². The zero-order chi connectivity index (χ0) is 19.7. The fourth-order valence-electron chi connectivity index (χ4n) is 6.30. The molecule has 0 aromatic rings. The van der Waals surface area contributed by atoms with Gasteiger partial charge in [0.25, 0.3) is 0 Å². The summed E-state index contributed by atoms with van der Waals surface area (Å²) < 4.78 is 17.9. The summed E-state index contributed by atoms with van der Waals surface area (Å²) in [6, 6.07) is 0. The lowest BCUT2D eigenvalue weighted by molar-refractivity contribution is -0.255. The van der Waals surface area contributed by atoms with Crippen molar-refractivity contribution in [3.63, 3.8) is 0 Å². The van der Waals surface area contributed by atoms with E-state index in [9.17, 15) is 9.90 Å². The van der Waals surface area contributed by atoms with Crippen LogP contribution in [-0.2, 0) is 19.0 Å². The van der Waals surface area contributed by atoms with Gasteiger partial charge in [0.1, 0.15) is 11.7 Å². The van der Waals surface area contributed by atoms with Crippen LogP contribution in [0.25, 0.3) is 0 Å². The number of hydrogen-bond donors (Lipinski definition) is 1. The van der Waals surface area contributed by atoms with Gasteiger partial charge in [-0.3, -0.25) is 4.79 Å². The fourth-order valence-corrected chi connectivity index (χ4v) is 6.30. The van der Waals surface area contributed by atoms with Crippen LogP contribution in [0.15, 0.2) is 23.8 Å². The highest BCUT2D eigenvalue weighted by molar-refractivity contribution is 5.66. The molecule has 4 aliphatic rings. The lowest BCUT2D eigenvalue weighted by atomic mass is 9.55. The van der Waals surface area contributed by atoms with Crippen LogP contribution in [0.3, 0.4) is 0 Å². The quantitative estimate of drug-likeness (QED) is 0.430. The first kappa shape index (κ1) is 19.2. The summed E-state index contributed by atoms with van der Waals surface area (Å²) in [4.78, 5) is 11.5. The Labute approximate surface area is 161 Å². The van der Waals surface area contributed by atoms with Crippen LogP contribution in [0.4, 0.5) is 0 Å². The molecule has 2 bridgehead atoms. The van der Waals surface area contributed by atoms with Gasteiger partial charge in [-0.15, -0.1) is 0 Å². The summed E-state index contributed by atoms with van der Waals surface area (Å²) in [5.74, 6) is -1.22. The smallest absolute Gasteiger partial charge is 0.303 e. The van der Waals surface area contributed by atoms with E-state index in [0.29, 0.717) is 25.4 Å². The second-order valence-electron chi connectivity index (χ2n) is 9.64. The predicted octanol–water partition coefficient (Wildman–Crippen LogP) is 3.66. The van der Waals surface area contributed by atoms with E-state index in [1.165, 1.54) is 6.92 Å². The summed E-state index contributed by atoms with van der Waals surface area (Å²) in [7, 11) is 0. The molecule has 2 saturated heterocycles. The SMILES string of the molecule is C=C1CC[C@@H]2CC[C@@]34CO[C@](O)(C/C(C)=C/[C@@H](OC(C)=O)C1)[C@@]3(O4)C2(C)C. The maximum absolute atomic E-state index is 11.6. The Morgan fingerprint density at radius 1 is 1.37 bits per heavy atom. The molecule has 0 radical (unpaired) electrons. The second-order valence-corrected chi connectivity index (χ2v) is 9.64. The molecule has 5 heteroatoms. The van der Waals surface area contributed by atoms with E-state index < -0.39 is 11.4 Å². The van der Waals surface area contributed by atoms with Crippen LogP contribution in [0.2, 0.25) is 0 Å². The average molecular weight is 376 g/mol. The number of carbonyl (C=O) groups excluding carboxylic acids is 1. The Bertz CT molecular complexity index is 709. The highest BCUT2D eigenvalue weighted by Crippen LogP contribution is 2.75. The van der Waals surface area contributed by atoms with Crippen LogP contribution >= 0.6 is 0 Å². The molecule has 0 amide bonds. The van der Waals surface area contributed by atoms with E-state index in [0.717, 1.165) is 36.8 Å². The number of fused-ring (bicyclic) bond motifs is 1. The Balaban J connectivity index is 1.73. The Morgan fingerprint density at radius 3 is 2.81 bits per heavy atom. The summed E-state index contributed by atoms with van der Waals surface area (Å²) in [5.41, 5.74) is 0.841. The standard InChI is InChI=1S/C22H32O5/c1-14-6-7-17-8-9-20-13-25-21(24,22(20,27-20)19(17,4)5)12-15(2)11-18(10-14)26-16(3)23/h11,17-18,24H,1,6-10,12-13H2,2-5H3/b15-11+/t17-,18+,20-,21-,22-/m1/s1. The van der Waals surface area contributed by atoms with Crippen molar-refractivity contribution in [3.8, 4) is 0 Å². The van der Waals surface area contributed by atoms with Crippen LogP contribution in [-0.4, -0.2) is 40.8 Å². The van der Waals surface area contributed by atoms with Gasteiger partial charge in [-0.05, 0) is 44.6 Å². The first-order valence-electron chi connectivity index (χ1n) is 10.1. The van der Waals surface area contributed by atoms with Crippen LogP contribution in [0.1, 0.15) is 66.2 Å². The molecule has 5 atom stereocenters. The molecule has 2 aliphatic heterocycles. The van der Waals surface area contributed by atoms with Gasteiger partial charge in [0.05, 0.1) is 6.61 Å². The van der Waals surface area contributed by atoms with Gasteiger partial charge < -0.3 is 19.3 Å². The number of aliphatic hydroxyl groups is 1. The third-order valence-electron chi connectivity index (χ3n) is 7.51. The number of rotatable bonds is 1. The number of esters is 1. The molecule has 0 aromatic heterocycles. The summed E-state index contributed by atoms with van der Waals surface area (Å²) in [6.45, 7) is 12.5. The minimum absolute atomic E-state index is 0.189. The summed E-state index contributed by atoms with van der Waals surface area (Å²) in [6.07, 6.45) is 6.46. The highest BCUT2D eigenvalue weighted by atomic mass is 16.8. The monoisotopic (exact) mass is 376 g/mol. The molecule has 150 valence electrons. The normalized spacial score (nSPS) is 47.7. The molecule has 2 aliphatic carbocycles. The molecule has 0 unspecified atom stereocenters. The molecule has 0 aromatic carbocycles. The largest absolute Gasteiger partial charge is 0.458 e. The second kappa shape index (κ2) is 5.91. The minimum Gasteiger partial charge on any atom is -0.458 e. The lowest BCUT2D eigenvalue weighted by Gasteiger charge is -2.48. The van der Waals surface area contributed by atoms with Crippen molar-refractivity contribution in [3.05, 3.63) is 23.8 Å². The molecule has 4 rings (SSSR count). The van der Waals surface area contributed by atoms with Crippen molar-refractivity contribution in [2.75, 3.05) is 6.61 Å². The van der Waals surface area contributed by atoms with E-state index in [-0.39, 0.29) is 23.1 Å². The van der Waals surface area contributed by atoms with Crippen molar-refractivity contribution in [2.24, 2.45) is 11.3 Å². The first-order valence-corrected chi connectivity index (χ1v) is 10.1. The minimum atomic E-state index is -1.34. The Hall–Kier alpha value is -1.17. The number of ether oxygens (including phenoxy) is 3. The molecule has 2 heterocycles. The van der Waals surface area contributed by atoms with Crippen molar-refractivity contribution in [1.82, 2.24) is 0 Å². The number of hydrogen-bond acceptors (Lipinski definition) is 5. The number of epoxide rings is 1. The van der Waals surface area contributed by atoms with Gasteiger partial charge in [0.15, 0.2) is 5.60 Å². The van der Waals surface area contributed by atoms with Crippen molar-refractivity contribution in [2.45, 2.75) is 89.3 Å². The number of carbonyl (C=O) groups is 1. The summed E-state index contributed by atoms with van der Waals surface area (Å²) >= 11 is 0. The van der Waals surface area contributed by atoms with E-state index in [1.807, 2.05) is 13.0 Å². The molecule has 27 heavy (non-hydrogen) atoms. The Morgan fingerprint density at radius 2 is 2.11 bits per heavy atom. The van der Waals surface area contributed by atoms with Gasteiger partial charge in [0, 0.05) is 25.2 Å². The maximum atomic E-state index is 11.6. The molecule has 1 spiro atoms. The van der Waals surface area contributed by atoms with Crippen molar-refractivity contribution in [1.29, 1.82) is 0 Å². The Kier molecular flexibility index (Phi) is 4.20. The predicted molar refractivity (Wildman–Crippen MR) is 101 cm³/mol. The zero-order valence-electron chi connectivity index (χ0n) is 17.0. The molecule has 1 N–H and O–H groups in total. The molecule has 1 saturated carbocycles. The fraction of sp³-hybridized carbons (Fsp3) is 0.773. The zero-order valence-corrected chi connectivity index (χ0v) is 17.0. The third kappa shape index (κ3) is 2.58. The van der Waals surface area contributed by atoms with Crippen LogP contribution in [0, 0.1) is 11.3 Å². The van der Waals surface area contributed by atoms with E-state index >= 15 is 0 Å². The van der Waals surface area contributed by atoms with E-state index in [2.05, 4.69) is 20.4 Å². The van der Waals surface area contributed by atoms with E-state index in [1.54, 1.807) is 0 Å². The third-order valence-corrected chi connectivity index (χ3v) is 7.51. The first-order chi connectivity index (χ1) is 12.6. The molecular formula is C22H32O5. The lowest BCUT2D eigenvalue weighted by Crippen LogP contribution is -2.59. The molecule has 3 fully saturated rings. The van der Waals surface area contributed by atoms with Crippen molar-refractivity contribution < 1.29 is 24.1 Å². The van der Waals surface area contributed by atoms with Gasteiger partial charge >= 0.3 is 5.97 Å².